The Morgan fingerprint density at radius 3 is 2.48 bits per heavy atom. The molecule has 1 aromatic carbocycles. The van der Waals surface area contributed by atoms with Gasteiger partial charge in [-0.3, -0.25) is 4.79 Å². The lowest BCUT2D eigenvalue weighted by Gasteiger charge is -2.30. The van der Waals surface area contributed by atoms with Gasteiger partial charge in [0.1, 0.15) is 6.04 Å². The van der Waals surface area contributed by atoms with E-state index >= 15 is 0 Å². The summed E-state index contributed by atoms with van der Waals surface area (Å²) in [5, 5.41) is 2.57. The van der Waals surface area contributed by atoms with Crippen LogP contribution in [-0.4, -0.2) is 28.2 Å². The van der Waals surface area contributed by atoms with Crippen LogP contribution in [0.25, 0.3) is 0 Å². The van der Waals surface area contributed by atoms with Gasteiger partial charge in [0.25, 0.3) is 5.91 Å². The minimum absolute atomic E-state index is 0.0837. The summed E-state index contributed by atoms with van der Waals surface area (Å²) >= 11 is 0. The van der Waals surface area contributed by atoms with Crippen molar-refractivity contribution in [2.24, 2.45) is 5.73 Å². The highest BCUT2D eigenvalue weighted by Crippen LogP contribution is 2.33. The second-order valence-corrected chi connectivity index (χ2v) is 6.39. The zero-order valence-corrected chi connectivity index (χ0v) is 14.0. The molecule has 0 aliphatic carbocycles. The third-order valence-corrected chi connectivity index (χ3v) is 4.06. The van der Waals surface area contributed by atoms with Gasteiger partial charge < -0.3 is 15.6 Å². The summed E-state index contributed by atoms with van der Waals surface area (Å²) in [6.45, 7) is 3.73. The number of carbonyl (C=O) groups excluding carboxylic acids is 1. The lowest BCUT2D eigenvalue weighted by Crippen LogP contribution is -2.38. The van der Waals surface area contributed by atoms with Crippen LogP contribution in [0.5, 0.6) is 0 Å². The third-order valence-electron chi connectivity index (χ3n) is 4.06. The fourth-order valence-electron chi connectivity index (χ4n) is 2.69. The number of hydrogen-bond donors (Lipinski definition) is 2. The maximum Gasteiger partial charge on any atom is 0.407 e. The summed E-state index contributed by atoms with van der Waals surface area (Å²) in [6.07, 6.45) is -1.02. The van der Waals surface area contributed by atoms with Gasteiger partial charge in [-0.05, 0) is 32.4 Å². The predicted molar refractivity (Wildman–Crippen MR) is 87.9 cm³/mol. The van der Waals surface area contributed by atoms with E-state index in [2.05, 4.69) is 10.3 Å². The number of alkyl halides is 3. The van der Waals surface area contributed by atoms with Crippen molar-refractivity contribution in [3.8, 4) is 0 Å². The van der Waals surface area contributed by atoms with Crippen molar-refractivity contribution < 1.29 is 18.0 Å². The number of rotatable bonds is 7. The SMILES string of the molecule is CC(C)(CCNC(c1ccccc1)C(F)(F)F)n1ccnc1C(N)=O. The molecule has 0 aliphatic heterocycles. The van der Waals surface area contributed by atoms with Gasteiger partial charge in [0, 0.05) is 17.9 Å². The first-order chi connectivity index (χ1) is 11.6. The Labute approximate surface area is 144 Å². The summed E-state index contributed by atoms with van der Waals surface area (Å²) in [5.41, 5.74) is 4.82. The molecule has 136 valence electrons. The first-order valence-electron chi connectivity index (χ1n) is 7.81. The second kappa shape index (κ2) is 7.26. The minimum atomic E-state index is -4.40. The van der Waals surface area contributed by atoms with Crippen molar-refractivity contribution >= 4 is 5.91 Å². The number of carbonyl (C=O) groups is 1. The summed E-state index contributed by atoms with van der Waals surface area (Å²) in [6, 6.07) is 5.95. The molecule has 0 saturated carbocycles. The number of nitrogens with one attached hydrogen (secondary N) is 1. The Bertz CT molecular complexity index is 710. The molecule has 0 bridgehead atoms. The van der Waals surface area contributed by atoms with Crippen molar-refractivity contribution in [1.82, 2.24) is 14.9 Å². The van der Waals surface area contributed by atoms with Gasteiger partial charge >= 0.3 is 6.18 Å². The summed E-state index contributed by atoms with van der Waals surface area (Å²) in [7, 11) is 0. The fourth-order valence-corrected chi connectivity index (χ4v) is 2.69. The third kappa shape index (κ3) is 4.60. The lowest BCUT2D eigenvalue weighted by molar-refractivity contribution is -0.157. The van der Waals surface area contributed by atoms with Crippen molar-refractivity contribution in [1.29, 1.82) is 0 Å². The molecule has 1 unspecified atom stereocenters. The molecule has 1 atom stereocenters. The van der Waals surface area contributed by atoms with E-state index in [1.54, 1.807) is 29.0 Å². The molecule has 2 aromatic rings. The van der Waals surface area contributed by atoms with Crippen LogP contribution in [0.4, 0.5) is 13.2 Å². The highest BCUT2D eigenvalue weighted by Gasteiger charge is 2.40. The van der Waals surface area contributed by atoms with E-state index in [4.69, 9.17) is 5.73 Å². The smallest absolute Gasteiger partial charge is 0.363 e. The number of imidazole rings is 1. The van der Waals surface area contributed by atoms with Crippen molar-refractivity contribution in [2.45, 2.75) is 38.0 Å². The highest BCUT2D eigenvalue weighted by molar-refractivity contribution is 5.89. The Balaban J connectivity index is 2.09. The molecule has 0 fully saturated rings. The molecule has 0 saturated heterocycles. The van der Waals surface area contributed by atoms with E-state index in [9.17, 15) is 18.0 Å². The van der Waals surface area contributed by atoms with Gasteiger partial charge in [-0.15, -0.1) is 0 Å². The lowest BCUT2D eigenvalue weighted by atomic mass is 9.99. The molecule has 25 heavy (non-hydrogen) atoms. The number of aromatic nitrogens is 2. The molecule has 3 N–H and O–H groups in total. The van der Waals surface area contributed by atoms with Crippen LogP contribution >= 0.6 is 0 Å². The van der Waals surface area contributed by atoms with Crippen molar-refractivity contribution in [3.63, 3.8) is 0 Å². The maximum atomic E-state index is 13.3. The molecule has 1 amide bonds. The number of nitrogens with two attached hydrogens (primary N) is 1. The van der Waals surface area contributed by atoms with E-state index in [-0.39, 0.29) is 17.9 Å². The Hall–Kier alpha value is -2.35. The van der Waals surface area contributed by atoms with Crippen molar-refractivity contribution in [3.05, 3.63) is 54.1 Å². The Morgan fingerprint density at radius 1 is 1.28 bits per heavy atom. The molecule has 0 spiro atoms. The van der Waals surface area contributed by atoms with Crippen LogP contribution < -0.4 is 11.1 Å². The second-order valence-electron chi connectivity index (χ2n) is 6.39. The van der Waals surface area contributed by atoms with Crippen LogP contribution in [-0.2, 0) is 5.54 Å². The topological polar surface area (TPSA) is 72.9 Å². The van der Waals surface area contributed by atoms with Crippen molar-refractivity contribution in [2.75, 3.05) is 6.54 Å². The monoisotopic (exact) mass is 354 g/mol. The van der Waals surface area contributed by atoms with E-state index in [1.165, 1.54) is 18.3 Å². The van der Waals surface area contributed by atoms with Gasteiger partial charge in [-0.1, -0.05) is 30.3 Å². The van der Waals surface area contributed by atoms with E-state index < -0.39 is 23.7 Å². The van der Waals surface area contributed by atoms with Gasteiger partial charge in [-0.25, -0.2) is 4.98 Å². The molecule has 1 heterocycles. The van der Waals surface area contributed by atoms with Gasteiger partial charge in [0.05, 0.1) is 0 Å². The predicted octanol–water partition coefficient (Wildman–Crippen LogP) is 3.00. The molecular weight excluding hydrogens is 333 g/mol. The largest absolute Gasteiger partial charge is 0.407 e. The van der Waals surface area contributed by atoms with Gasteiger partial charge in [0.15, 0.2) is 5.82 Å². The number of benzene rings is 1. The molecule has 5 nitrogen and oxygen atoms in total. The number of hydrogen-bond acceptors (Lipinski definition) is 3. The summed E-state index contributed by atoms with van der Waals surface area (Å²) < 4.78 is 41.6. The molecular formula is C17H21F3N4O. The summed E-state index contributed by atoms with van der Waals surface area (Å²) in [4.78, 5) is 15.3. The average molecular weight is 354 g/mol. The number of primary amides is 1. The van der Waals surface area contributed by atoms with Gasteiger partial charge in [0.2, 0.25) is 0 Å². The quantitative estimate of drug-likeness (QED) is 0.803. The number of nitrogens with zero attached hydrogens (tertiary/aromatic N) is 2. The van der Waals surface area contributed by atoms with Gasteiger partial charge in [-0.2, -0.15) is 13.2 Å². The maximum absolute atomic E-state index is 13.3. The molecule has 0 aliphatic rings. The molecule has 1 aromatic heterocycles. The molecule has 8 heteroatoms. The zero-order chi connectivity index (χ0) is 18.7. The fraction of sp³-hybridized carbons (Fsp3) is 0.412. The highest BCUT2D eigenvalue weighted by atomic mass is 19.4. The first-order valence-corrected chi connectivity index (χ1v) is 7.81. The number of amides is 1. The van der Waals surface area contributed by atoms with E-state index in [0.29, 0.717) is 6.42 Å². The van der Waals surface area contributed by atoms with Crippen LogP contribution in [0.1, 0.15) is 42.5 Å². The Kier molecular flexibility index (Phi) is 5.52. The van der Waals surface area contributed by atoms with Crippen LogP contribution in [0.15, 0.2) is 42.7 Å². The van der Waals surface area contributed by atoms with Crippen LogP contribution in [0.3, 0.4) is 0 Å². The minimum Gasteiger partial charge on any atom is -0.363 e. The van der Waals surface area contributed by atoms with E-state index in [0.717, 1.165) is 0 Å². The zero-order valence-electron chi connectivity index (χ0n) is 14.0. The molecule has 0 radical (unpaired) electrons. The standard InChI is InChI=1S/C17H21F3N4O/c1-16(2,24-11-10-23-15(24)14(21)25)8-9-22-13(17(18,19)20)12-6-4-3-5-7-12/h3-7,10-11,13,22H,8-9H2,1-2H3,(H2,21,25). The Morgan fingerprint density at radius 2 is 1.92 bits per heavy atom. The summed E-state index contributed by atoms with van der Waals surface area (Å²) in [5.74, 6) is -0.594. The van der Waals surface area contributed by atoms with Crippen LogP contribution in [0, 0.1) is 0 Å². The first kappa shape index (κ1) is 19.0. The average Bonchev–Trinajstić information content (AvgIpc) is 3.02. The molecule has 2 rings (SSSR count). The normalized spacial score (nSPS) is 13.6. The van der Waals surface area contributed by atoms with Crippen LogP contribution in [0.2, 0.25) is 0 Å². The van der Waals surface area contributed by atoms with E-state index in [1.807, 2.05) is 13.8 Å². The number of halogens is 3.